The van der Waals surface area contributed by atoms with Crippen molar-refractivity contribution >= 4 is 27.5 Å². The number of benzene rings is 1. The van der Waals surface area contributed by atoms with Crippen molar-refractivity contribution in [2.75, 3.05) is 13.1 Å². The predicted octanol–water partition coefficient (Wildman–Crippen LogP) is 3.40. The number of carbonyl (C=O) groups is 1. The second kappa shape index (κ2) is 8.98. The highest BCUT2D eigenvalue weighted by Gasteiger charge is 2.20. The van der Waals surface area contributed by atoms with Crippen LogP contribution in [-0.2, 0) is 0 Å². The summed E-state index contributed by atoms with van der Waals surface area (Å²) in [4.78, 5) is 22.6. The van der Waals surface area contributed by atoms with Crippen LogP contribution in [0, 0.1) is 10.1 Å². The van der Waals surface area contributed by atoms with Gasteiger partial charge in [0, 0.05) is 29.7 Å². The molecule has 0 saturated heterocycles. The molecule has 2 N–H and O–H groups in total. The third-order valence-corrected chi connectivity index (χ3v) is 4.59. The van der Waals surface area contributed by atoms with E-state index in [1.807, 2.05) is 0 Å². The van der Waals surface area contributed by atoms with Gasteiger partial charge >= 0.3 is 0 Å². The highest BCUT2D eigenvalue weighted by atomic mass is 79.9. The van der Waals surface area contributed by atoms with Crippen molar-refractivity contribution in [1.82, 2.24) is 10.6 Å². The van der Waals surface area contributed by atoms with Gasteiger partial charge < -0.3 is 10.6 Å². The highest BCUT2D eigenvalue weighted by Crippen LogP contribution is 2.23. The van der Waals surface area contributed by atoms with Crippen molar-refractivity contribution < 1.29 is 9.72 Å². The van der Waals surface area contributed by atoms with E-state index >= 15 is 0 Å². The molecule has 1 amide bonds. The first-order valence-corrected chi connectivity index (χ1v) is 8.83. The first-order valence-electron chi connectivity index (χ1n) is 8.03. The molecule has 126 valence electrons. The van der Waals surface area contributed by atoms with Crippen LogP contribution in [0.5, 0.6) is 0 Å². The molecule has 0 radical (unpaired) electrons. The fraction of sp³-hybridized carbons (Fsp3) is 0.562. The van der Waals surface area contributed by atoms with Crippen LogP contribution in [0.1, 0.15) is 48.9 Å². The minimum atomic E-state index is -0.538. The second-order valence-corrected chi connectivity index (χ2v) is 6.73. The zero-order valence-corrected chi connectivity index (χ0v) is 14.6. The molecule has 1 fully saturated rings. The molecule has 7 heteroatoms. The number of amides is 1. The molecule has 23 heavy (non-hydrogen) atoms. The fourth-order valence-electron chi connectivity index (χ4n) is 2.88. The summed E-state index contributed by atoms with van der Waals surface area (Å²) >= 11 is 3.18. The molecular weight excluding hydrogens is 362 g/mol. The van der Waals surface area contributed by atoms with Crippen LogP contribution in [0.3, 0.4) is 0 Å². The highest BCUT2D eigenvalue weighted by molar-refractivity contribution is 9.10. The Bertz CT molecular complexity index is 558. The SMILES string of the molecule is O=C(NCCNC1CCCCCC1)c1ccc(Br)cc1[N+](=O)[O-]. The van der Waals surface area contributed by atoms with Crippen LogP contribution < -0.4 is 10.6 Å². The van der Waals surface area contributed by atoms with E-state index < -0.39 is 10.8 Å². The molecule has 0 unspecified atom stereocenters. The Balaban J connectivity index is 1.82. The van der Waals surface area contributed by atoms with Gasteiger partial charge in [0.1, 0.15) is 5.56 Å². The predicted molar refractivity (Wildman–Crippen MR) is 92.6 cm³/mol. The van der Waals surface area contributed by atoms with Crippen LogP contribution >= 0.6 is 15.9 Å². The van der Waals surface area contributed by atoms with Crippen LogP contribution in [0.15, 0.2) is 22.7 Å². The standard InChI is InChI=1S/C16H22BrN3O3/c17-12-7-8-14(15(11-12)20(22)23)16(21)19-10-9-18-13-5-3-1-2-4-6-13/h7-8,11,13,18H,1-6,9-10H2,(H,19,21). The number of nitro benzene ring substituents is 1. The summed E-state index contributed by atoms with van der Waals surface area (Å²) in [5.74, 6) is -0.410. The summed E-state index contributed by atoms with van der Waals surface area (Å²) in [6.45, 7) is 1.14. The maximum Gasteiger partial charge on any atom is 0.283 e. The number of hydrogen-bond acceptors (Lipinski definition) is 4. The largest absolute Gasteiger partial charge is 0.351 e. The molecule has 1 aromatic rings. The molecule has 0 aliphatic heterocycles. The van der Waals surface area contributed by atoms with E-state index in [0.717, 1.165) is 0 Å². The molecule has 0 aromatic heterocycles. The zero-order valence-electron chi connectivity index (χ0n) is 13.0. The van der Waals surface area contributed by atoms with E-state index in [0.29, 0.717) is 23.6 Å². The van der Waals surface area contributed by atoms with Crippen molar-refractivity contribution in [2.45, 2.75) is 44.6 Å². The Morgan fingerprint density at radius 1 is 1.22 bits per heavy atom. The third-order valence-electron chi connectivity index (χ3n) is 4.10. The lowest BCUT2D eigenvalue weighted by Gasteiger charge is -2.16. The summed E-state index contributed by atoms with van der Waals surface area (Å²) in [7, 11) is 0. The average Bonchev–Trinajstić information content (AvgIpc) is 2.80. The van der Waals surface area contributed by atoms with E-state index in [1.54, 1.807) is 6.07 Å². The maximum atomic E-state index is 12.1. The molecule has 1 aliphatic rings. The molecule has 2 rings (SSSR count). The first kappa shape index (κ1) is 17.9. The third kappa shape index (κ3) is 5.58. The number of rotatable bonds is 6. The monoisotopic (exact) mass is 383 g/mol. The molecular formula is C16H22BrN3O3. The molecule has 0 bridgehead atoms. The molecule has 0 atom stereocenters. The van der Waals surface area contributed by atoms with Gasteiger partial charge in [0.25, 0.3) is 11.6 Å². The molecule has 1 saturated carbocycles. The summed E-state index contributed by atoms with van der Waals surface area (Å²) in [5, 5.41) is 17.2. The minimum absolute atomic E-state index is 0.0904. The molecule has 0 spiro atoms. The van der Waals surface area contributed by atoms with Gasteiger partial charge in [-0.3, -0.25) is 14.9 Å². The van der Waals surface area contributed by atoms with Crippen LogP contribution in [0.2, 0.25) is 0 Å². The number of nitrogens with zero attached hydrogens (tertiary/aromatic N) is 1. The second-order valence-electron chi connectivity index (χ2n) is 5.82. The zero-order chi connectivity index (χ0) is 16.7. The quantitative estimate of drug-likeness (QED) is 0.341. The van der Waals surface area contributed by atoms with E-state index in [2.05, 4.69) is 26.6 Å². The van der Waals surface area contributed by atoms with Gasteiger partial charge in [0.15, 0.2) is 0 Å². The lowest BCUT2D eigenvalue weighted by molar-refractivity contribution is -0.385. The van der Waals surface area contributed by atoms with E-state index in [-0.39, 0.29) is 11.3 Å². The Hall–Kier alpha value is -1.47. The van der Waals surface area contributed by atoms with Gasteiger partial charge in [0.05, 0.1) is 4.92 Å². The number of halogens is 1. The van der Waals surface area contributed by atoms with Crippen molar-refractivity contribution in [2.24, 2.45) is 0 Å². The Morgan fingerprint density at radius 3 is 2.57 bits per heavy atom. The van der Waals surface area contributed by atoms with Crippen molar-refractivity contribution in [3.63, 3.8) is 0 Å². The van der Waals surface area contributed by atoms with Crippen molar-refractivity contribution in [1.29, 1.82) is 0 Å². The van der Waals surface area contributed by atoms with Gasteiger partial charge in [0.2, 0.25) is 0 Å². The van der Waals surface area contributed by atoms with Crippen LogP contribution in [0.4, 0.5) is 5.69 Å². The van der Waals surface area contributed by atoms with E-state index in [4.69, 9.17) is 0 Å². The molecule has 6 nitrogen and oxygen atoms in total. The lowest BCUT2D eigenvalue weighted by atomic mass is 10.1. The Morgan fingerprint density at radius 2 is 1.91 bits per heavy atom. The number of nitrogens with one attached hydrogen (secondary N) is 2. The topological polar surface area (TPSA) is 84.3 Å². The average molecular weight is 384 g/mol. The van der Waals surface area contributed by atoms with Gasteiger partial charge in [-0.15, -0.1) is 0 Å². The lowest BCUT2D eigenvalue weighted by Crippen LogP contribution is -2.37. The van der Waals surface area contributed by atoms with Crippen molar-refractivity contribution in [3.8, 4) is 0 Å². The first-order chi connectivity index (χ1) is 11.1. The van der Waals surface area contributed by atoms with Crippen LogP contribution in [-0.4, -0.2) is 30.0 Å². The number of carbonyl (C=O) groups excluding carboxylic acids is 1. The maximum absolute atomic E-state index is 12.1. The fourth-order valence-corrected chi connectivity index (χ4v) is 3.23. The van der Waals surface area contributed by atoms with Gasteiger partial charge in [-0.25, -0.2) is 0 Å². The normalized spacial score (nSPS) is 15.9. The van der Waals surface area contributed by atoms with E-state index in [9.17, 15) is 14.9 Å². The molecule has 0 heterocycles. The molecule has 1 aromatic carbocycles. The Labute approximate surface area is 144 Å². The minimum Gasteiger partial charge on any atom is -0.351 e. The summed E-state index contributed by atoms with van der Waals surface area (Å²) in [6.07, 6.45) is 7.51. The van der Waals surface area contributed by atoms with Crippen LogP contribution in [0.25, 0.3) is 0 Å². The number of nitro groups is 1. The summed E-state index contributed by atoms with van der Waals surface area (Å²) < 4.78 is 0.579. The van der Waals surface area contributed by atoms with E-state index in [1.165, 1.54) is 50.7 Å². The summed E-state index contributed by atoms with van der Waals surface area (Å²) in [6, 6.07) is 4.97. The Kier molecular flexibility index (Phi) is 6.98. The van der Waals surface area contributed by atoms with Crippen molar-refractivity contribution in [3.05, 3.63) is 38.3 Å². The van der Waals surface area contributed by atoms with Gasteiger partial charge in [-0.1, -0.05) is 41.6 Å². The number of hydrogen-bond donors (Lipinski definition) is 2. The smallest absolute Gasteiger partial charge is 0.283 e. The van der Waals surface area contributed by atoms with Gasteiger partial charge in [-0.2, -0.15) is 0 Å². The van der Waals surface area contributed by atoms with Gasteiger partial charge in [-0.05, 0) is 25.0 Å². The molecule has 1 aliphatic carbocycles. The summed E-state index contributed by atoms with van der Waals surface area (Å²) in [5.41, 5.74) is -0.0960.